The summed E-state index contributed by atoms with van der Waals surface area (Å²) in [6.07, 6.45) is 1.47. The lowest BCUT2D eigenvalue weighted by molar-refractivity contribution is -0.131. The molecule has 1 aliphatic rings. The third-order valence-corrected chi connectivity index (χ3v) is 4.29. The van der Waals surface area contributed by atoms with E-state index in [0.29, 0.717) is 6.42 Å². The first kappa shape index (κ1) is 16.0. The van der Waals surface area contributed by atoms with E-state index >= 15 is 0 Å². The van der Waals surface area contributed by atoms with Gasteiger partial charge in [-0.3, -0.25) is 4.79 Å². The molecule has 0 radical (unpaired) electrons. The Hall–Kier alpha value is -1.35. The van der Waals surface area contributed by atoms with Crippen LogP contribution in [0.25, 0.3) is 0 Å². The van der Waals surface area contributed by atoms with Crippen molar-refractivity contribution in [2.24, 2.45) is 0 Å². The van der Waals surface area contributed by atoms with Crippen LogP contribution in [0.1, 0.15) is 43.9 Å². The minimum atomic E-state index is 0.158. The lowest BCUT2D eigenvalue weighted by atomic mass is 9.84. The van der Waals surface area contributed by atoms with Crippen LogP contribution in [0.2, 0.25) is 0 Å². The maximum atomic E-state index is 12.3. The number of piperazine rings is 1. The summed E-state index contributed by atoms with van der Waals surface area (Å²) in [4.78, 5) is 14.2. The van der Waals surface area contributed by atoms with E-state index < -0.39 is 0 Å². The molecule has 116 valence electrons. The summed E-state index contributed by atoms with van der Waals surface area (Å²) in [5.41, 5.74) is 4.10. The fourth-order valence-corrected chi connectivity index (χ4v) is 2.72. The average molecular weight is 288 g/mol. The molecule has 1 aromatic rings. The molecule has 1 fully saturated rings. The molecule has 1 amide bonds. The Bertz CT molecular complexity index is 496. The van der Waals surface area contributed by atoms with Gasteiger partial charge in [0, 0.05) is 32.6 Å². The first-order valence-corrected chi connectivity index (χ1v) is 7.96. The zero-order valence-electron chi connectivity index (χ0n) is 13.8. The van der Waals surface area contributed by atoms with Crippen LogP contribution < -0.4 is 5.32 Å². The van der Waals surface area contributed by atoms with Crippen LogP contribution in [0.15, 0.2) is 18.2 Å². The molecule has 1 N–H and O–H groups in total. The molecule has 21 heavy (non-hydrogen) atoms. The molecule has 0 bridgehead atoms. The van der Waals surface area contributed by atoms with Gasteiger partial charge in [-0.25, -0.2) is 0 Å². The number of carbonyl (C=O) groups excluding carboxylic acids is 1. The van der Waals surface area contributed by atoms with E-state index in [9.17, 15) is 4.79 Å². The molecule has 3 nitrogen and oxygen atoms in total. The summed E-state index contributed by atoms with van der Waals surface area (Å²) < 4.78 is 0. The predicted octanol–water partition coefficient (Wildman–Crippen LogP) is 2.66. The highest BCUT2D eigenvalue weighted by atomic mass is 16.2. The number of hydrogen-bond donors (Lipinski definition) is 1. The van der Waals surface area contributed by atoms with Crippen molar-refractivity contribution in [3.63, 3.8) is 0 Å². The Morgan fingerprint density at radius 1 is 1.24 bits per heavy atom. The van der Waals surface area contributed by atoms with Crippen LogP contribution in [-0.4, -0.2) is 37.0 Å². The summed E-state index contributed by atoms with van der Waals surface area (Å²) in [7, 11) is 0. The lowest BCUT2D eigenvalue weighted by Gasteiger charge is -2.27. The molecule has 1 heterocycles. The molecular formula is C18H28N2O. The minimum Gasteiger partial charge on any atom is -0.340 e. The van der Waals surface area contributed by atoms with Crippen LogP contribution in [0.4, 0.5) is 0 Å². The van der Waals surface area contributed by atoms with E-state index in [1.54, 1.807) is 0 Å². The summed E-state index contributed by atoms with van der Waals surface area (Å²) in [5.74, 6) is 0.289. The molecule has 0 atom stereocenters. The number of nitrogens with zero attached hydrogens (tertiary/aromatic N) is 1. The number of aryl methyl sites for hydroxylation is 2. The van der Waals surface area contributed by atoms with E-state index in [0.717, 1.165) is 32.6 Å². The van der Waals surface area contributed by atoms with E-state index in [1.165, 1.54) is 16.7 Å². The molecule has 0 aliphatic carbocycles. The molecule has 1 aliphatic heterocycles. The molecule has 2 rings (SSSR count). The third-order valence-electron chi connectivity index (χ3n) is 4.29. The van der Waals surface area contributed by atoms with Gasteiger partial charge >= 0.3 is 0 Å². The maximum absolute atomic E-state index is 12.3. The highest BCUT2D eigenvalue weighted by Gasteiger charge is 2.18. The summed E-state index contributed by atoms with van der Waals surface area (Å²) >= 11 is 0. The Morgan fingerprint density at radius 3 is 2.52 bits per heavy atom. The fraction of sp³-hybridized carbons (Fsp3) is 0.611. The van der Waals surface area contributed by atoms with Crippen molar-refractivity contribution in [1.82, 2.24) is 10.2 Å². The number of hydrogen-bond acceptors (Lipinski definition) is 2. The summed E-state index contributed by atoms with van der Waals surface area (Å²) in [6, 6.07) is 6.67. The summed E-state index contributed by atoms with van der Waals surface area (Å²) in [6.45, 7) is 12.4. The Labute approximate surface area is 128 Å². The summed E-state index contributed by atoms with van der Waals surface area (Å²) in [5, 5.41) is 3.28. The maximum Gasteiger partial charge on any atom is 0.222 e. The van der Waals surface area contributed by atoms with Crippen LogP contribution in [-0.2, 0) is 16.6 Å². The first-order chi connectivity index (χ1) is 9.88. The van der Waals surface area contributed by atoms with E-state index in [2.05, 4.69) is 51.2 Å². The Kier molecular flexibility index (Phi) is 5.04. The zero-order valence-corrected chi connectivity index (χ0v) is 13.8. The third kappa shape index (κ3) is 4.31. The fourth-order valence-electron chi connectivity index (χ4n) is 2.72. The van der Waals surface area contributed by atoms with Crippen molar-refractivity contribution in [1.29, 1.82) is 0 Å². The number of rotatable bonds is 3. The van der Waals surface area contributed by atoms with Gasteiger partial charge in [0.15, 0.2) is 0 Å². The van der Waals surface area contributed by atoms with Crippen molar-refractivity contribution in [3.05, 3.63) is 34.9 Å². The monoisotopic (exact) mass is 288 g/mol. The Morgan fingerprint density at radius 2 is 1.90 bits per heavy atom. The molecule has 1 saturated heterocycles. The highest BCUT2D eigenvalue weighted by Crippen LogP contribution is 2.25. The second-order valence-electron chi connectivity index (χ2n) is 7.02. The van der Waals surface area contributed by atoms with Gasteiger partial charge in [-0.2, -0.15) is 0 Å². The number of nitrogens with one attached hydrogen (secondary N) is 1. The smallest absolute Gasteiger partial charge is 0.222 e. The van der Waals surface area contributed by atoms with E-state index in [-0.39, 0.29) is 11.3 Å². The van der Waals surface area contributed by atoms with Crippen molar-refractivity contribution >= 4 is 5.91 Å². The molecule has 0 unspecified atom stereocenters. The van der Waals surface area contributed by atoms with Crippen LogP contribution in [0.3, 0.4) is 0 Å². The molecule has 1 aromatic carbocycles. The molecular weight excluding hydrogens is 260 g/mol. The van der Waals surface area contributed by atoms with Gasteiger partial charge in [0.1, 0.15) is 0 Å². The number of amides is 1. The minimum absolute atomic E-state index is 0.158. The largest absolute Gasteiger partial charge is 0.340 e. The predicted molar refractivity (Wildman–Crippen MR) is 87.6 cm³/mol. The van der Waals surface area contributed by atoms with Gasteiger partial charge in [0.25, 0.3) is 0 Å². The zero-order chi connectivity index (χ0) is 15.5. The topological polar surface area (TPSA) is 32.3 Å². The first-order valence-electron chi connectivity index (χ1n) is 7.96. The van der Waals surface area contributed by atoms with Gasteiger partial charge in [-0.15, -0.1) is 0 Å². The molecule has 0 spiro atoms. The quantitative estimate of drug-likeness (QED) is 0.927. The van der Waals surface area contributed by atoms with Gasteiger partial charge in [0.05, 0.1) is 0 Å². The van der Waals surface area contributed by atoms with Gasteiger partial charge in [-0.05, 0) is 35.4 Å². The van der Waals surface area contributed by atoms with E-state index in [4.69, 9.17) is 0 Å². The van der Waals surface area contributed by atoms with Crippen LogP contribution in [0.5, 0.6) is 0 Å². The van der Waals surface area contributed by atoms with Crippen molar-refractivity contribution < 1.29 is 4.79 Å². The van der Waals surface area contributed by atoms with E-state index in [1.807, 2.05) is 4.90 Å². The second-order valence-corrected chi connectivity index (χ2v) is 7.02. The standard InChI is InChI=1S/C18H28N2O/c1-14-5-7-16(18(2,3)4)13-15(14)6-8-17(21)20-11-9-19-10-12-20/h5,7,13,19H,6,8-12H2,1-4H3. The molecule has 3 heteroatoms. The molecule has 0 saturated carbocycles. The van der Waals surface area contributed by atoms with Gasteiger partial charge < -0.3 is 10.2 Å². The normalized spacial score (nSPS) is 16.1. The van der Waals surface area contributed by atoms with Crippen LogP contribution in [0, 0.1) is 6.92 Å². The lowest BCUT2D eigenvalue weighted by Crippen LogP contribution is -2.46. The average Bonchev–Trinajstić information content (AvgIpc) is 2.45. The molecule has 0 aromatic heterocycles. The van der Waals surface area contributed by atoms with Gasteiger partial charge in [-0.1, -0.05) is 39.0 Å². The Balaban J connectivity index is 2.00. The van der Waals surface area contributed by atoms with Crippen molar-refractivity contribution in [2.75, 3.05) is 26.2 Å². The van der Waals surface area contributed by atoms with Crippen molar-refractivity contribution in [3.8, 4) is 0 Å². The van der Waals surface area contributed by atoms with Crippen molar-refractivity contribution in [2.45, 2.75) is 46.0 Å². The number of benzene rings is 1. The second kappa shape index (κ2) is 6.61. The highest BCUT2D eigenvalue weighted by molar-refractivity contribution is 5.76. The SMILES string of the molecule is Cc1ccc(C(C)(C)C)cc1CCC(=O)N1CCNCC1. The van der Waals surface area contributed by atoms with Crippen LogP contribution >= 0.6 is 0 Å². The number of carbonyl (C=O) groups is 1. The van der Waals surface area contributed by atoms with Gasteiger partial charge in [0.2, 0.25) is 5.91 Å².